The Hall–Kier alpha value is -3.10. The number of anilines is 1. The fourth-order valence-electron chi connectivity index (χ4n) is 5.40. The zero-order valence-corrected chi connectivity index (χ0v) is 20.8. The van der Waals surface area contributed by atoms with Crippen LogP contribution in [0.15, 0.2) is 53.4 Å². The molecule has 0 aliphatic heterocycles. The van der Waals surface area contributed by atoms with Crippen molar-refractivity contribution in [3.05, 3.63) is 65.2 Å². The number of benzene rings is 2. The molecule has 1 aromatic heterocycles. The smallest absolute Gasteiger partial charge is 0.335 e. The molecule has 4 N–H and O–H groups in total. The Morgan fingerprint density at radius 1 is 1.17 bits per heavy atom. The van der Waals surface area contributed by atoms with Crippen molar-refractivity contribution >= 4 is 23.9 Å². The molecule has 6 rings (SSSR count). The molecule has 1 atom stereocenters. The normalized spacial score (nSPS) is 20.9. The van der Waals surface area contributed by atoms with Crippen LogP contribution in [-0.4, -0.2) is 33.7 Å². The molecule has 3 aromatic rings. The lowest BCUT2D eigenvalue weighted by atomic mass is 9.43. The maximum atomic E-state index is 11.3. The molecule has 7 nitrogen and oxygen atoms in total. The van der Waals surface area contributed by atoms with Crippen molar-refractivity contribution in [2.75, 3.05) is 11.3 Å². The molecule has 0 unspecified atom stereocenters. The summed E-state index contributed by atoms with van der Waals surface area (Å²) in [7, 11) is 0. The molecule has 35 heavy (non-hydrogen) atoms. The Bertz CT molecular complexity index is 1230. The van der Waals surface area contributed by atoms with Crippen LogP contribution >= 0.6 is 11.9 Å². The minimum Gasteiger partial charge on any atom is -0.478 e. The molecule has 0 spiro atoms. The average Bonchev–Trinajstić information content (AvgIpc) is 2.78. The summed E-state index contributed by atoms with van der Waals surface area (Å²) in [6.45, 7) is 4.52. The third-order valence-corrected chi connectivity index (χ3v) is 7.86. The zero-order chi connectivity index (χ0) is 24.6. The van der Waals surface area contributed by atoms with Crippen LogP contribution in [0.3, 0.4) is 0 Å². The molecular weight excluding hydrogens is 460 g/mol. The predicted octanol–water partition coefficient (Wildman–Crippen LogP) is 5.47. The largest absolute Gasteiger partial charge is 0.478 e. The van der Waals surface area contributed by atoms with Gasteiger partial charge in [0.2, 0.25) is 11.8 Å². The molecule has 3 aliphatic carbocycles. The highest BCUT2D eigenvalue weighted by atomic mass is 32.2. The van der Waals surface area contributed by atoms with Crippen molar-refractivity contribution in [2.45, 2.75) is 50.5 Å². The third kappa shape index (κ3) is 5.13. The molecule has 8 heteroatoms. The second-order valence-corrected chi connectivity index (χ2v) is 10.9. The SMILES string of the molecule is Cc1cccc(C)c1-c1cc(OC[C@H](N)CC23CC(C2)C3)nc(NSc2cccc(C(=O)O)c2)n1. The Morgan fingerprint density at radius 3 is 2.54 bits per heavy atom. The van der Waals surface area contributed by atoms with E-state index in [0.717, 1.165) is 39.6 Å². The van der Waals surface area contributed by atoms with Gasteiger partial charge in [0.05, 0.1) is 11.3 Å². The lowest BCUT2D eigenvalue weighted by Gasteiger charge is -2.63. The predicted molar refractivity (Wildman–Crippen MR) is 138 cm³/mol. The second kappa shape index (κ2) is 9.51. The Morgan fingerprint density at radius 2 is 1.89 bits per heavy atom. The fourth-order valence-corrected chi connectivity index (χ4v) is 6.04. The molecule has 182 valence electrons. The van der Waals surface area contributed by atoms with Gasteiger partial charge in [-0.2, -0.15) is 4.98 Å². The van der Waals surface area contributed by atoms with Crippen molar-refractivity contribution < 1.29 is 14.6 Å². The minimum absolute atomic E-state index is 0.0283. The lowest BCUT2D eigenvalue weighted by molar-refractivity contribution is -0.117. The number of carbonyl (C=O) groups is 1. The highest BCUT2D eigenvalue weighted by molar-refractivity contribution is 8.00. The topological polar surface area (TPSA) is 110 Å². The van der Waals surface area contributed by atoms with E-state index in [0.29, 0.717) is 23.9 Å². The monoisotopic (exact) mass is 490 g/mol. The number of carboxylic acid groups (broad SMARTS) is 1. The number of rotatable bonds is 10. The molecule has 3 aliphatic rings. The number of aromatic nitrogens is 2. The quantitative estimate of drug-likeness (QED) is 0.321. The second-order valence-electron chi connectivity index (χ2n) is 9.97. The first-order chi connectivity index (χ1) is 16.8. The number of carboxylic acids is 1. The highest BCUT2D eigenvalue weighted by Crippen LogP contribution is 2.66. The average molecular weight is 491 g/mol. The Labute approximate surface area is 209 Å². The van der Waals surface area contributed by atoms with E-state index in [9.17, 15) is 9.90 Å². The number of aromatic carboxylic acids is 1. The van der Waals surface area contributed by atoms with Gasteiger partial charge in [-0.1, -0.05) is 24.3 Å². The van der Waals surface area contributed by atoms with Crippen molar-refractivity contribution in [1.82, 2.24) is 9.97 Å². The molecule has 0 radical (unpaired) electrons. The van der Waals surface area contributed by atoms with Gasteiger partial charge in [-0.25, -0.2) is 9.78 Å². The standard InChI is InChI=1S/C27H30N4O3S/c1-16-5-3-6-17(2)24(16)22-10-23(34-15-20(28)14-27-11-18(12-27)13-27)30-26(29-22)31-35-21-8-4-7-19(9-21)25(32)33/h3-10,18,20H,11-15,28H2,1-2H3,(H,32,33)(H,29,30,31)/t18?,20-,27?/m1/s1. The van der Waals surface area contributed by atoms with Crippen LogP contribution in [-0.2, 0) is 0 Å². The first-order valence-electron chi connectivity index (χ1n) is 11.9. The summed E-state index contributed by atoms with van der Waals surface area (Å²) in [5, 5.41) is 9.26. The van der Waals surface area contributed by atoms with Crippen LogP contribution in [0.4, 0.5) is 5.95 Å². The summed E-state index contributed by atoms with van der Waals surface area (Å²) in [4.78, 5) is 21.3. The number of nitrogens with zero attached hydrogens (tertiary/aromatic N) is 2. The number of hydrogen-bond donors (Lipinski definition) is 3. The van der Waals surface area contributed by atoms with Gasteiger partial charge < -0.3 is 15.6 Å². The maximum absolute atomic E-state index is 11.3. The number of nitrogens with one attached hydrogen (secondary N) is 1. The van der Waals surface area contributed by atoms with Gasteiger partial charge in [0.1, 0.15) is 6.61 Å². The van der Waals surface area contributed by atoms with E-state index in [2.05, 4.69) is 35.7 Å². The van der Waals surface area contributed by atoms with Gasteiger partial charge in [-0.15, -0.1) is 0 Å². The molecular formula is C27H30N4O3S. The van der Waals surface area contributed by atoms with E-state index in [1.807, 2.05) is 18.2 Å². The van der Waals surface area contributed by atoms with Crippen molar-refractivity contribution in [3.8, 4) is 17.1 Å². The number of hydrogen-bond acceptors (Lipinski definition) is 7. The molecule has 0 amide bonds. The van der Waals surface area contributed by atoms with Crippen molar-refractivity contribution in [2.24, 2.45) is 17.1 Å². The van der Waals surface area contributed by atoms with Crippen LogP contribution in [0.25, 0.3) is 11.3 Å². The molecule has 3 saturated carbocycles. The zero-order valence-electron chi connectivity index (χ0n) is 20.0. The molecule has 0 saturated heterocycles. The maximum Gasteiger partial charge on any atom is 0.335 e. The van der Waals surface area contributed by atoms with Gasteiger partial charge in [-0.3, -0.25) is 4.72 Å². The van der Waals surface area contributed by atoms with Gasteiger partial charge in [0.25, 0.3) is 0 Å². The first-order valence-corrected chi connectivity index (χ1v) is 12.7. The van der Waals surface area contributed by atoms with Gasteiger partial charge in [0, 0.05) is 22.6 Å². The van der Waals surface area contributed by atoms with Crippen LogP contribution in [0.2, 0.25) is 0 Å². The third-order valence-electron chi connectivity index (χ3n) is 7.09. The Kier molecular flexibility index (Phi) is 6.42. The summed E-state index contributed by atoms with van der Waals surface area (Å²) in [6, 6.07) is 14.7. The lowest BCUT2D eigenvalue weighted by Crippen LogP contribution is -2.54. The number of ether oxygens (including phenoxy) is 1. The summed E-state index contributed by atoms with van der Waals surface area (Å²) >= 11 is 1.26. The van der Waals surface area contributed by atoms with Gasteiger partial charge in [-0.05, 0) is 92.1 Å². The van der Waals surface area contributed by atoms with E-state index in [4.69, 9.17) is 15.5 Å². The number of aryl methyl sites for hydroxylation is 2. The van der Waals surface area contributed by atoms with E-state index in [1.54, 1.807) is 18.2 Å². The molecule has 1 heterocycles. The molecule has 3 fully saturated rings. The van der Waals surface area contributed by atoms with Gasteiger partial charge >= 0.3 is 5.97 Å². The van der Waals surface area contributed by atoms with Crippen LogP contribution in [0.1, 0.15) is 47.2 Å². The summed E-state index contributed by atoms with van der Waals surface area (Å²) in [5.74, 6) is 0.825. The molecule has 2 aromatic carbocycles. The highest BCUT2D eigenvalue weighted by Gasteiger charge is 2.56. The fraction of sp³-hybridized carbons (Fsp3) is 0.370. The number of nitrogens with two attached hydrogens (primary N) is 1. The molecule has 2 bridgehead atoms. The van der Waals surface area contributed by atoms with Crippen LogP contribution in [0.5, 0.6) is 5.88 Å². The van der Waals surface area contributed by atoms with E-state index in [1.165, 1.54) is 31.2 Å². The Balaban J connectivity index is 1.36. The van der Waals surface area contributed by atoms with E-state index >= 15 is 0 Å². The van der Waals surface area contributed by atoms with Crippen LogP contribution in [0, 0.1) is 25.2 Å². The summed E-state index contributed by atoms with van der Waals surface area (Å²) < 4.78 is 9.24. The van der Waals surface area contributed by atoms with E-state index < -0.39 is 5.97 Å². The van der Waals surface area contributed by atoms with E-state index in [-0.39, 0.29) is 11.6 Å². The first kappa shape index (κ1) is 23.6. The van der Waals surface area contributed by atoms with Crippen molar-refractivity contribution in [3.63, 3.8) is 0 Å². The van der Waals surface area contributed by atoms with Gasteiger partial charge in [0.15, 0.2) is 0 Å². The minimum atomic E-state index is -0.966. The summed E-state index contributed by atoms with van der Waals surface area (Å²) in [5.41, 5.74) is 11.1. The summed E-state index contributed by atoms with van der Waals surface area (Å²) in [6.07, 6.45) is 4.96. The van der Waals surface area contributed by atoms with Crippen LogP contribution < -0.4 is 15.2 Å². The van der Waals surface area contributed by atoms with Crippen molar-refractivity contribution in [1.29, 1.82) is 0 Å².